The molecule has 6 heterocycles. The van der Waals surface area contributed by atoms with Crippen LogP contribution in [0.3, 0.4) is 0 Å². The van der Waals surface area contributed by atoms with Crippen LogP contribution in [0, 0.1) is 12.8 Å². The monoisotopic (exact) mass is 1070 g/mol. The first kappa shape index (κ1) is 52.9. The number of aromatic nitrogens is 4. The molecular weight excluding hydrogens is 999 g/mol. The van der Waals surface area contributed by atoms with Crippen LogP contribution in [0.4, 0.5) is 16.6 Å². The highest BCUT2D eigenvalue weighted by Gasteiger charge is 2.34. The molecule has 3 fully saturated rings. The van der Waals surface area contributed by atoms with Gasteiger partial charge in [0.1, 0.15) is 17.2 Å². The third-order valence-electron chi connectivity index (χ3n) is 16.4. The van der Waals surface area contributed by atoms with Gasteiger partial charge in [-0.3, -0.25) is 34.6 Å². The molecule has 2 saturated heterocycles. The molecule has 1 saturated carbocycles. The summed E-state index contributed by atoms with van der Waals surface area (Å²) < 4.78 is 15.7. The molecule has 2 N–H and O–H groups in total. The molecule has 15 nitrogen and oxygen atoms in total. The number of anilines is 3. The van der Waals surface area contributed by atoms with Gasteiger partial charge in [0.25, 0.3) is 5.91 Å². The second-order valence-corrected chi connectivity index (χ2v) is 23.8. The zero-order valence-electron chi connectivity index (χ0n) is 45.8. The highest BCUT2D eigenvalue weighted by atomic mass is 32.1. The van der Waals surface area contributed by atoms with Crippen LogP contribution in [0.5, 0.6) is 5.75 Å². The van der Waals surface area contributed by atoms with E-state index in [1.807, 2.05) is 99.2 Å². The number of piperazine rings is 1. The van der Waals surface area contributed by atoms with Gasteiger partial charge in [0.05, 0.1) is 39.1 Å². The van der Waals surface area contributed by atoms with E-state index in [4.69, 9.17) is 19.6 Å². The molecule has 0 radical (unpaired) electrons. The Morgan fingerprint density at radius 2 is 1.62 bits per heavy atom. The Morgan fingerprint density at radius 3 is 2.40 bits per heavy atom. The van der Waals surface area contributed by atoms with Crippen molar-refractivity contribution in [3.63, 3.8) is 0 Å². The van der Waals surface area contributed by atoms with Crippen molar-refractivity contribution in [2.24, 2.45) is 13.0 Å². The number of hydrogen-bond donors (Lipinski definition) is 2. The van der Waals surface area contributed by atoms with E-state index in [0.29, 0.717) is 66.4 Å². The summed E-state index contributed by atoms with van der Waals surface area (Å²) in [7, 11) is 1.95. The lowest BCUT2D eigenvalue weighted by molar-refractivity contribution is -0.134. The summed E-state index contributed by atoms with van der Waals surface area (Å²) in [5.74, 6) is 0.567. The Bertz CT molecular complexity index is 3370. The summed E-state index contributed by atoms with van der Waals surface area (Å²) in [5, 5.41) is 11.9. The maximum atomic E-state index is 14.2. The molecule has 4 aliphatic rings. The summed E-state index contributed by atoms with van der Waals surface area (Å²) in [4.78, 5) is 69.5. The van der Waals surface area contributed by atoms with Gasteiger partial charge in [0, 0.05) is 75.3 Å². The van der Waals surface area contributed by atoms with Gasteiger partial charge in [-0.25, -0.2) is 14.8 Å². The van der Waals surface area contributed by atoms with E-state index in [1.54, 1.807) is 0 Å². The highest BCUT2D eigenvalue weighted by Crippen LogP contribution is 2.39. The van der Waals surface area contributed by atoms with Gasteiger partial charge < -0.3 is 19.3 Å². The average molecular weight is 1070 g/mol. The van der Waals surface area contributed by atoms with E-state index in [0.717, 1.165) is 112 Å². The number of rotatable bonds is 14. The van der Waals surface area contributed by atoms with Gasteiger partial charge in [-0.15, -0.1) is 0 Å². The summed E-state index contributed by atoms with van der Waals surface area (Å²) >= 11 is 1.45. The van der Waals surface area contributed by atoms with Crippen LogP contribution < -0.4 is 25.2 Å². The number of pyridine rings is 1. The third kappa shape index (κ3) is 11.2. The molecule has 3 amide bonds. The molecule has 3 aromatic heterocycles. The van der Waals surface area contributed by atoms with Crippen molar-refractivity contribution in [1.29, 1.82) is 0 Å². The number of fused-ring (bicyclic) bond motifs is 3. The fourth-order valence-electron chi connectivity index (χ4n) is 12.3. The van der Waals surface area contributed by atoms with Crippen molar-refractivity contribution < 1.29 is 28.7 Å². The number of amides is 3. The first-order valence-electron chi connectivity index (χ1n) is 28.0. The fraction of sp³-hybridized carbons (Fsp3) is 0.435. The minimum absolute atomic E-state index is 0.118. The number of esters is 1. The Kier molecular flexibility index (Phi) is 15.1. The lowest BCUT2D eigenvalue weighted by atomic mass is 9.84. The lowest BCUT2D eigenvalue weighted by Gasteiger charge is -2.39. The number of ether oxygens (including phenoxy) is 2. The topological polar surface area (TPSA) is 164 Å². The Balaban J connectivity index is 0.691. The molecule has 16 heteroatoms. The van der Waals surface area contributed by atoms with Crippen LogP contribution in [0.2, 0.25) is 0 Å². The molecule has 3 aliphatic heterocycles. The molecule has 1 aliphatic carbocycles. The van der Waals surface area contributed by atoms with Gasteiger partial charge in [-0.2, -0.15) is 5.10 Å². The number of piperidine rings is 1. The zero-order valence-corrected chi connectivity index (χ0v) is 46.6. The third-order valence-corrected chi connectivity index (χ3v) is 17.4. The molecule has 7 aromatic rings. The molecule has 406 valence electrons. The number of benzene rings is 4. The largest absolute Gasteiger partial charge is 0.490 e. The fourth-order valence-corrected chi connectivity index (χ4v) is 13.1. The van der Waals surface area contributed by atoms with Gasteiger partial charge in [-0.05, 0) is 150 Å². The number of nitrogens with zero attached hydrogens (tertiary/aromatic N) is 7. The highest BCUT2D eigenvalue weighted by molar-refractivity contribution is 7.22. The van der Waals surface area contributed by atoms with Gasteiger partial charge >= 0.3 is 5.97 Å². The summed E-state index contributed by atoms with van der Waals surface area (Å²) in [6, 6.07) is 30.5. The molecular formula is C62H71N9O6S. The van der Waals surface area contributed by atoms with Crippen LogP contribution in [-0.2, 0) is 34.3 Å². The number of aryl methyl sites for hydroxylation is 1. The van der Waals surface area contributed by atoms with Gasteiger partial charge in [0.15, 0.2) is 10.8 Å². The minimum Gasteiger partial charge on any atom is -0.490 e. The number of carbonyl (C=O) groups excluding carboxylic acids is 4. The quantitative estimate of drug-likeness (QED) is 0.0784. The van der Waals surface area contributed by atoms with E-state index in [2.05, 4.69) is 68.4 Å². The second kappa shape index (κ2) is 22.3. The van der Waals surface area contributed by atoms with Crippen molar-refractivity contribution in [2.75, 3.05) is 47.8 Å². The van der Waals surface area contributed by atoms with E-state index in [-0.39, 0.29) is 29.5 Å². The predicted molar refractivity (Wildman–Crippen MR) is 308 cm³/mol. The van der Waals surface area contributed by atoms with E-state index >= 15 is 0 Å². The lowest BCUT2D eigenvalue weighted by Crippen LogP contribution is -2.49. The normalized spacial score (nSPS) is 19.6. The molecule has 0 spiro atoms. The first-order chi connectivity index (χ1) is 37.6. The van der Waals surface area contributed by atoms with Crippen LogP contribution in [-0.4, -0.2) is 98.8 Å². The number of para-hydroxylation sites is 2. The van der Waals surface area contributed by atoms with Crippen LogP contribution in [0.25, 0.3) is 32.2 Å². The molecule has 1 unspecified atom stereocenters. The summed E-state index contributed by atoms with van der Waals surface area (Å²) in [5.41, 5.74) is 8.47. The molecule has 0 bridgehead atoms. The number of thiazole rings is 1. The number of nitrogens with one attached hydrogen (secondary N) is 2. The minimum atomic E-state index is -0.733. The van der Waals surface area contributed by atoms with Crippen LogP contribution in [0.1, 0.15) is 135 Å². The van der Waals surface area contributed by atoms with Crippen LogP contribution >= 0.6 is 11.3 Å². The molecule has 11 rings (SSSR count). The summed E-state index contributed by atoms with van der Waals surface area (Å²) in [6.07, 6.45) is 9.57. The van der Waals surface area contributed by atoms with Crippen molar-refractivity contribution in [2.45, 2.75) is 129 Å². The Labute approximate surface area is 460 Å². The SMILES string of the molecule is Cc1c(OC2CCC(CCC[C@H](C)N3CCN(c4cccc5c(C6CCC(=O)NC6=O)nn(C)c45)CC3)CC2)cccc1-c1ccc(N2CCc3cccc(C(=O)Nc4nc5ccccc5s4)c3C2)nc1C(=O)OC(C)(C)C. The molecule has 78 heavy (non-hydrogen) atoms. The second-order valence-electron chi connectivity index (χ2n) is 22.8. The number of hydrogen-bond acceptors (Lipinski definition) is 13. The molecule has 4 aromatic carbocycles. The maximum absolute atomic E-state index is 14.2. The smallest absolute Gasteiger partial charge is 0.358 e. The van der Waals surface area contributed by atoms with E-state index < -0.39 is 17.5 Å². The van der Waals surface area contributed by atoms with E-state index in [9.17, 15) is 19.2 Å². The summed E-state index contributed by atoms with van der Waals surface area (Å²) in [6.45, 7) is 15.0. The van der Waals surface area contributed by atoms with E-state index in [1.165, 1.54) is 30.6 Å². The Hall–Kier alpha value is -7.17. The number of imide groups is 1. The first-order valence-corrected chi connectivity index (χ1v) is 28.8. The van der Waals surface area contributed by atoms with Gasteiger partial charge in [0.2, 0.25) is 11.8 Å². The van der Waals surface area contributed by atoms with Crippen molar-refractivity contribution in [1.82, 2.24) is 30.0 Å². The zero-order chi connectivity index (χ0) is 54.2. The van der Waals surface area contributed by atoms with Crippen molar-refractivity contribution >= 4 is 72.8 Å². The van der Waals surface area contributed by atoms with Crippen molar-refractivity contribution in [3.05, 3.63) is 125 Å². The average Bonchev–Trinajstić information content (AvgIpc) is 4.11. The predicted octanol–water partition coefficient (Wildman–Crippen LogP) is 11.2. The Morgan fingerprint density at radius 1 is 0.833 bits per heavy atom. The number of carbonyl (C=O) groups is 4. The maximum Gasteiger partial charge on any atom is 0.358 e. The van der Waals surface area contributed by atoms with Crippen LogP contribution in [0.15, 0.2) is 91.0 Å². The molecule has 2 atom stereocenters. The van der Waals surface area contributed by atoms with Crippen molar-refractivity contribution in [3.8, 4) is 16.9 Å². The van der Waals surface area contributed by atoms with Gasteiger partial charge in [-0.1, -0.05) is 72.7 Å². The standard InChI is InChI=1S/C62H71N9O6S/c1-38(69-33-35-70(36-34-69)50-20-11-18-46-55(67-68(6)57(46)50)47-28-30-54(72)65-59(47)74)13-9-14-40-23-25-42(26-24-40)76-51-21-12-16-43(39(51)2)44-27-29-53(64-56(44)60(75)77-62(3,4)5)71-32-31-41-15-10-17-45(48(41)37-71)58(73)66-61-63-49-19-7-8-22-52(49)78-61/h7-8,10-12,15-22,27,29,38,40,42,47H,9,13-14,23-26,28,30-37H2,1-6H3,(H,63,66,73)(H,65,72,74)/t38-,40?,42?,47?/m0/s1.